The summed E-state index contributed by atoms with van der Waals surface area (Å²) in [6.45, 7) is 1.94. The first-order chi connectivity index (χ1) is 8.24. The van der Waals surface area contributed by atoms with Gasteiger partial charge in [-0.3, -0.25) is 0 Å². The van der Waals surface area contributed by atoms with Crippen LogP contribution in [-0.2, 0) is 0 Å². The monoisotopic (exact) mass is 245 g/mol. The van der Waals surface area contributed by atoms with Crippen molar-refractivity contribution in [3.63, 3.8) is 0 Å². The summed E-state index contributed by atoms with van der Waals surface area (Å²) in [5, 5.41) is 2.33. The van der Waals surface area contributed by atoms with Crippen molar-refractivity contribution in [2.45, 2.75) is 6.92 Å². The van der Waals surface area contributed by atoms with Crippen LogP contribution in [0, 0.1) is 6.92 Å². The van der Waals surface area contributed by atoms with Crippen LogP contribution >= 0.6 is 12.2 Å². The third-order valence-electron chi connectivity index (χ3n) is 2.33. The third kappa shape index (κ3) is 2.41. The molecule has 0 bridgehead atoms. The van der Waals surface area contributed by atoms with Gasteiger partial charge in [0, 0.05) is 12.3 Å². The number of hydrogen-bond donors (Lipinski definition) is 0. The molecule has 17 heavy (non-hydrogen) atoms. The molecule has 1 aromatic heterocycles. The highest BCUT2D eigenvalue weighted by Gasteiger charge is 2.06. The zero-order chi connectivity index (χ0) is 12.3. The van der Waals surface area contributed by atoms with E-state index in [0.29, 0.717) is 5.75 Å². The molecule has 0 radical (unpaired) electrons. The number of ether oxygens (including phenoxy) is 1. The number of hydrogen-bond acceptors (Lipinski definition) is 4. The Bertz CT molecular complexity index is 585. The van der Waals surface area contributed by atoms with Crippen LogP contribution < -0.4 is 4.74 Å². The molecule has 0 saturated carbocycles. The average molecular weight is 245 g/mol. The van der Waals surface area contributed by atoms with E-state index >= 15 is 0 Å². The Hall–Kier alpha value is -1.97. The zero-order valence-corrected chi connectivity index (χ0v) is 10.4. The molecule has 0 aliphatic rings. The van der Waals surface area contributed by atoms with Crippen molar-refractivity contribution in [1.82, 2.24) is 9.55 Å². The van der Waals surface area contributed by atoms with Crippen molar-refractivity contribution >= 4 is 23.1 Å². The molecule has 0 saturated heterocycles. The molecule has 86 valence electrons. The summed E-state index contributed by atoms with van der Waals surface area (Å²) in [5.74, 6) is 0.717. The quantitative estimate of drug-likeness (QED) is 0.616. The van der Waals surface area contributed by atoms with E-state index in [0.717, 1.165) is 17.1 Å². The van der Waals surface area contributed by atoms with Gasteiger partial charge in [0.2, 0.25) is 0 Å². The minimum Gasteiger partial charge on any atom is -0.494 e. The van der Waals surface area contributed by atoms with Crippen LogP contribution in [0.1, 0.15) is 5.69 Å². The van der Waals surface area contributed by atoms with E-state index in [2.05, 4.69) is 27.4 Å². The maximum absolute atomic E-state index is 5.33. The molecular formula is C12H11N3OS. The lowest BCUT2D eigenvalue weighted by Crippen LogP contribution is -1.94. The summed E-state index contributed by atoms with van der Waals surface area (Å²) in [5.41, 5.74) is 2.59. The number of thiocarbonyl (C=S) groups is 1. The first-order valence-electron chi connectivity index (χ1n) is 5.01. The number of methoxy groups -OCH3 is 1. The van der Waals surface area contributed by atoms with Crippen molar-refractivity contribution in [3.05, 3.63) is 36.4 Å². The van der Waals surface area contributed by atoms with Crippen LogP contribution in [0.3, 0.4) is 0 Å². The Morgan fingerprint density at radius 1 is 1.47 bits per heavy atom. The fourth-order valence-corrected chi connectivity index (χ4v) is 1.66. The van der Waals surface area contributed by atoms with E-state index in [1.165, 1.54) is 0 Å². The molecule has 1 aromatic carbocycles. The molecule has 0 aliphatic carbocycles. The number of isothiocyanates is 1. The molecule has 0 atom stereocenters. The molecule has 0 unspecified atom stereocenters. The van der Waals surface area contributed by atoms with E-state index < -0.39 is 0 Å². The van der Waals surface area contributed by atoms with Crippen LogP contribution in [0.4, 0.5) is 5.69 Å². The third-order valence-corrected chi connectivity index (χ3v) is 2.42. The van der Waals surface area contributed by atoms with Gasteiger partial charge in [0.1, 0.15) is 5.75 Å². The van der Waals surface area contributed by atoms with E-state index in [1.54, 1.807) is 13.4 Å². The fourth-order valence-electron chi connectivity index (χ4n) is 1.55. The van der Waals surface area contributed by atoms with Gasteiger partial charge >= 0.3 is 0 Å². The lowest BCUT2D eigenvalue weighted by molar-refractivity contribution is 0.413. The van der Waals surface area contributed by atoms with Gasteiger partial charge in [-0.05, 0) is 31.3 Å². The summed E-state index contributed by atoms with van der Waals surface area (Å²) in [7, 11) is 1.62. The Morgan fingerprint density at radius 3 is 2.88 bits per heavy atom. The number of aliphatic imine (C=N–C) groups is 1. The van der Waals surface area contributed by atoms with Gasteiger partial charge in [-0.15, -0.1) is 0 Å². The van der Waals surface area contributed by atoms with Crippen LogP contribution in [-0.4, -0.2) is 21.8 Å². The van der Waals surface area contributed by atoms with Gasteiger partial charge in [-0.2, -0.15) is 4.99 Å². The van der Waals surface area contributed by atoms with E-state index in [1.807, 2.05) is 35.9 Å². The largest absolute Gasteiger partial charge is 0.494 e. The van der Waals surface area contributed by atoms with Gasteiger partial charge in [-0.1, -0.05) is 0 Å². The molecule has 2 aromatic rings. The number of imidazole rings is 1. The number of rotatable bonds is 3. The smallest absolute Gasteiger partial charge is 0.145 e. The SMILES string of the molecule is COc1cc(N=C=S)ccc1-n1cnc(C)c1. The minimum atomic E-state index is 0.717. The highest BCUT2D eigenvalue weighted by atomic mass is 32.1. The molecule has 5 heteroatoms. The second-order valence-electron chi connectivity index (χ2n) is 3.48. The first kappa shape index (κ1) is 11.5. The van der Waals surface area contributed by atoms with Crippen LogP contribution in [0.15, 0.2) is 35.7 Å². The molecular weight excluding hydrogens is 234 g/mol. The molecule has 4 nitrogen and oxygen atoms in total. The highest BCUT2D eigenvalue weighted by molar-refractivity contribution is 7.78. The molecule has 0 amide bonds. The number of benzene rings is 1. The standard InChI is InChI=1S/C12H11N3OS/c1-9-6-15(7-13-9)11-4-3-10(14-8-17)5-12(11)16-2/h3-7H,1-2H3. The van der Waals surface area contributed by atoms with Gasteiger partial charge in [-0.25, -0.2) is 4.98 Å². The van der Waals surface area contributed by atoms with Crippen molar-refractivity contribution in [2.75, 3.05) is 7.11 Å². The molecule has 0 fully saturated rings. The minimum absolute atomic E-state index is 0.717. The Morgan fingerprint density at radius 2 is 2.29 bits per heavy atom. The lowest BCUT2D eigenvalue weighted by atomic mass is 10.2. The molecule has 0 N–H and O–H groups in total. The number of nitrogens with zero attached hydrogens (tertiary/aromatic N) is 3. The fraction of sp³-hybridized carbons (Fsp3) is 0.167. The van der Waals surface area contributed by atoms with Crippen molar-refractivity contribution < 1.29 is 4.74 Å². The summed E-state index contributed by atoms with van der Waals surface area (Å²) < 4.78 is 7.23. The first-order valence-corrected chi connectivity index (χ1v) is 5.42. The Kier molecular flexibility index (Phi) is 3.32. The molecule has 2 rings (SSSR count). The second kappa shape index (κ2) is 4.91. The van der Waals surface area contributed by atoms with Crippen LogP contribution in [0.5, 0.6) is 5.75 Å². The average Bonchev–Trinajstić information content (AvgIpc) is 2.76. The van der Waals surface area contributed by atoms with E-state index in [4.69, 9.17) is 4.74 Å². The molecule has 0 spiro atoms. The maximum atomic E-state index is 5.33. The second-order valence-corrected chi connectivity index (χ2v) is 3.66. The van der Waals surface area contributed by atoms with E-state index in [9.17, 15) is 0 Å². The van der Waals surface area contributed by atoms with Crippen molar-refractivity contribution in [3.8, 4) is 11.4 Å². The Labute approximate surface area is 105 Å². The van der Waals surface area contributed by atoms with Crippen molar-refractivity contribution in [2.24, 2.45) is 4.99 Å². The Balaban J connectivity index is 2.51. The predicted octanol–water partition coefficient (Wildman–Crippen LogP) is 2.92. The number of aromatic nitrogens is 2. The summed E-state index contributed by atoms with van der Waals surface area (Å²) in [6.07, 6.45) is 3.68. The zero-order valence-electron chi connectivity index (χ0n) is 9.54. The van der Waals surface area contributed by atoms with Crippen LogP contribution in [0.25, 0.3) is 5.69 Å². The predicted molar refractivity (Wildman–Crippen MR) is 69.5 cm³/mol. The maximum Gasteiger partial charge on any atom is 0.145 e. The summed E-state index contributed by atoms with van der Waals surface area (Å²) >= 11 is 4.57. The summed E-state index contributed by atoms with van der Waals surface area (Å²) in [4.78, 5) is 8.10. The van der Waals surface area contributed by atoms with Gasteiger partial charge in [0.05, 0.1) is 35.7 Å². The summed E-state index contributed by atoms with van der Waals surface area (Å²) in [6, 6.07) is 5.57. The number of aryl methyl sites for hydroxylation is 1. The van der Waals surface area contributed by atoms with Crippen molar-refractivity contribution in [1.29, 1.82) is 0 Å². The van der Waals surface area contributed by atoms with Gasteiger partial charge < -0.3 is 9.30 Å². The molecule has 0 aliphatic heterocycles. The van der Waals surface area contributed by atoms with Gasteiger partial charge in [0.15, 0.2) is 0 Å². The normalized spacial score (nSPS) is 9.76. The van der Waals surface area contributed by atoms with E-state index in [-0.39, 0.29) is 0 Å². The molecule has 1 heterocycles. The van der Waals surface area contributed by atoms with Crippen LogP contribution in [0.2, 0.25) is 0 Å². The highest BCUT2D eigenvalue weighted by Crippen LogP contribution is 2.27. The van der Waals surface area contributed by atoms with Gasteiger partial charge in [0.25, 0.3) is 0 Å². The lowest BCUT2D eigenvalue weighted by Gasteiger charge is -2.09. The topological polar surface area (TPSA) is 39.4 Å².